The van der Waals surface area contributed by atoms with Crippen molar-refractivity contribution >= 4 is 5.97 Å². The standard InChI is InChI=1S/C12H19N3O2/c1-12(2,11(16)17)15-8-13-14-10(15)9-6-4-3-5-7-9/h8-9H,3-7H2,1-2H3,(H,16,17). The molecule has 17 heavy (non-hydrogen) atoms. The van der Waals surface area contributed by atoms with Gasteiger partial charge < -0.3 is 9.67 Å². The molecule has 1 heterocycles. The van der Waals surface area contributed by atoms with Crippen LogP contribution in [0.3, 0.4) is 0 Å². The number of carboxylic acid groups (broad SMARTS) is 1. The highest BCUT2D eigenvalue weighted by Gasteiger charge is 2.34. The van der Waals surface area contributed by atoms with Gasteiger partial charge in [0.25, 0.3) is 0 Å². The van der Waals surface area contributed by atoms with Crippen molar-refractivity contribution in [2.75, 3.05) is 0 Å². The Balaban J connectivity index is 2.30. The van der Waals surface area contributed by atoms with Crippen LogP contribution in [0.1, 0.15) is 57.7 Å². The summed E-state index contributed by atoms with van der Waals surface area (Å²) in [6.45, 7) is 3.37. The minimum atomic E-state index is -0.976. The Morgan fingerprint density at radius 2 is 2.06 bits per heavy atom. The average Bonchev–Trinajstić information content (AvgIpc) is 2.79. The molecule has 0 unspecified atom stereocenters. The summed E-state index contributed by atoms with van der Waals surface area (Å²) in [5.41, 5.74) is -0.976. The molecule has 5 nitrogen and oxygen atoms in total. The van der Waals surface area contributed by atoms with Crippen molar-refractivity contribution < 1.29 is 9.90 Å². The fourth-order valence-corrected chi connectivity index (χ4v) is 2.42. The lowest BCUT2D eigenvalue weighted by molar-refractivity contribution is -0.145. The second kappa shape index (κ2) is 4.47. The molecule has 0 amide bonds. The second-order valence-corrected chi connectivity index (χ2v) is 5.26. The molecule has 0 atom stereocenters. The van der Waals surface area contributed by atoms with Gasteiger partial charge in [-0.25, -0.2) is 4.79 Å². The molecule has 0 aromatic carbocycles. The van der Waals surface area contributed by atoms with E-state index in [1.165, 1.54) is 25.6 Å². The van der Waals surface area contributed by atoms with Crippen molar-refractivity contribution in [3.8, 4) is 0 Å². The van der Waals surface area contributed by atoms with Crippen LogP contribution in [0.25, 0.3) is 0 Å². The van der Waals surface area contributed by atoms with Crippen LogP contribution in [0.5, 0.6) is 0 Å². The number of carboxylic acids is 1. The summed E-state index contributed by atoms with van der Waals surface area (Å²) in [6.07, 6.45) is 7.39. The SMILES string of the molecule is CC(C)(C(=O)O)n1cnnc1C1CCCCC1. The highest BCUT2D eigenvalue weighted by atomic mass is 16.4. The van der Waals surface area contributed by atoms with E-state index in [4.69, 9.17) is 0 Å². The maximum atomic E-state index is 11.3. The Hall–Kier alpha value is -1.39. The van der Waals surface area contributed by atoms with E-state index in [9.17, 15) is 9.90 Å². The Labute approximate surface area is 101 Å². The summed E-state index contributed by atoms with van der Waals surface area (Å²) in [5, 5.41) is 17.3. The fourth-order valence-electron chi connectivity index (χ4n) is 2.42. The van der Waals surface area contributed by atoms with Crippen molar-refractivity contribution in [1.82, 2.24) is 14.8 Å². The first kappa shape index (κ1) is 12.1. The van der Waals surface area contributed by atoms with E-state index in [1.54, 1.807) is 18.4 Å². The van der Waals surface area contributed by atoms with Crippen LogP contribution in [-0.4, -0.2) is 25.8 Å². The summed E-state index contributed by atoms with van der Waals surface area (Å²) < 4.78 is 1.71. The van der Waals surface area contributed by atoms with E-state index in [0.29, 0.717) is 5.92 Å². The first-order valence-electron chi connectivity index (χ1n) is 6.17. The Morgan fingerprint density at radius 1 is 1.41 bits per heavy atom. The largest absolute Gasteiger partial charge is 0.480 e. The molecule has 1 aliphatic rings. The van der Waals surface area contributed by atoms with Gasteiger partial charge in [-0.2, -0.15) is 0 Å². The predicted octanol–water partition coefficient (Wildman–Crippen LogP) is 2.15. The summed E-state index contributed by atoms with van der Waals surface area (Å²) in [4.78, 5) is 11.3. The molecular formula is C12H19N3O2. The Bertz CT molecular complexity index is 406. The average molecular weight is 237 g/mol. The molecule has 1 aromatic heterocycles. The summed E-state index contributed by atoms with van der Waals surface area (Å²) in [7, 11) is 0. The molecule has 1 aromatic rings. The lowest BCUT2D eigenvalue weighted by Crippen LogP contribution is -2.37. The smallest absolute Gasteiger partial charge is 0.329 e. The van der Waals surface area contributed by atoms with Gasteiger partial charge in [0, 0.05) is 5.92 Å². The normalized spacial score (nSPS) is 18.2. The number of rotatable bonds is 3. The monoisotopic (exact) mass is 237 g/mol. The van der Waals surface area contributed by atoms with Gasteiger partial charge in [-0.15, -0.1) is 10.2 Å². The van der Waals surface area contributed by atoms with E-state index >= 15 is 0 Å². The van der Waals surface area contributed by atoms with Crippen LogP contribution in [0.4, 0.5) is 0 Å². The molecule has 0 spiro atoms. The second-order valence-electron chi connectivity index (χ2n) is 5.26. The van der Waals surface area contributed by atoms with Gasteiger partial charge in [0.2, 0.25) is 0 Å². The Kier molecular flexibility index (Phi) is 3.17. The van der Waals surface area contributed by atoms with Crippen molar-refractivity contribution in [2.45, 2.75) is 57.4 Å². The zero-order valence-corrected chi connectivity index (χ0v) is 10.4. The van der Waals surface area contributed by atoms with Crippen LogP contribution in [-0.2, 0) is 10.3 Å². The molecule has 1 fully saturated rings. The highest BCUT2D eigenvalue weighted by Crippen LogP contribution is 2.33. The minimum absolute atomic E-state index is 0.366. The Morgan fingerprint density at radius 3 is 2.65 bits per heavy atom. The van der Waals surface area contributed by atoms with Gasteiger partial charge in [0.05, 0.1) is 0 Å². The van der Waals surface area contributed by atoms with E-state index in [0.717, 1.165) is 18.7 Å². The van der Waals surface area contributed by atoms with Gasteiger partial charge in [0.1, 0.15) is 17.7 Å². The minimum Gasteiger partial charge on any atom is -0.480 e. The number of carbonyl (C=O) groups is 1. The third-order valence-corrected chi connectivity index (χ3v) is 3.67. The van der Waals surface area contributed by atoms with Gasteiger partial charge >= 0.3 is 5.97 Å². The van der Waals surface area contributed by atoms with Gasteiger partial charge in [-0.1, -0.05) is 19.3 Å². The molecule has 1 aliphatic carbocycles. The molecule has 0 aliphatic heterocycles. The number of aliphatic carboxylic acids is 1. The van der Waals surface area contributed by atoms with Crippen molar-refractivity contribution in [2.24, 2.45) is 0 Å². The highest BCUT2D eigenvalue weighted by molar-refractivity contribution is 5.75. The quantitative estimate of drug-likeness (QED) is 0.874. The number of hydrogen-bond donors (Lipinski definition) is 1. The van der Waals surface area contributed by atoms with Gasteiger partial charge in [-0.05, 0) is 26.7 Å². The number of aromatic nitrogens is 3. The van der Waals surface area contributed by atoms with Crippen LogP contribution in [0.2, 0.25) is 0 Å². The predicted molar refractivity (Wildman–Crippen MR) is 62.8 cm³/mol. The molecule has 94 valence electrons. The maximum absolute atomic E-state index is 11.3. The fraction of sp³-hybridized carbons (Fsp3) is 0.750. The molecule has 0 radical (unpaired) electrons. The summed E-state index contributed by atoms with van der Waals surface area (Å²) in [6, 6.07) is 0. The molecular weight excluding hydrogens is 218 g/mol. The first-order chi connectivity index (χ1) is 8.03. The summed E-state index contributed by atoms with van der Waals surface area (Å²) in [5.74, 6) is 0.344. The van der Waals surface area contributed by atoms with Gasteiger partial charge in [0.15, 0.2) is 0 Å². The zero-order valence-electron chi connectivity index (χ0n) is 10.4. The van der Waals surface area contributed by atoms with E-state index in [1.807, 2.05) is 0 Å². The molecule has 1 N–H and O–H groups in total. The van der Waals surface area contributed by atoms with Crippen molar-refractivity contribution in [1.29, 1.82) is 0 Å². The molecule has 5 heteroatoms. The number of nitrogens with zero attached hydrogens (tertiary/aromatic N) is 3. The lowest BCUT2D eigenvalue weighted by Gasteiger charge is -2.27. The summed E-state index contributed by atoms with van der Waals surface area (Å²) >= 11 is 0. The van der Waals surface area contributed by atoms with E-state index < -0.39 is 11.5 Å². The first-order valence-corrected chi connectivity index (χ1v) is 6.17. The maximum Gasteiger partial charge on any atom is 0.329 e. The third kappa shape index (κ3) is 2.18. The topological polar surface area (TPSA) is 68.0 Å². The third-order valence-electron chi connectivity index (χ3n) is 3.67. The molecule has 2 rings (SSSR count). The molecule has 1 saturated carbocycles. The molecule has 0 bridgehead atoms. The van der Waals surface area contributed by atoms with Crippen LogP contribution in [0.15, 0.2) is 6.33 Å². The van der Waals surface area contributed by atoms with Crippen LogP contribution < -0.4 is 0 Å². The zero-order chi connectivity index (χ0) is 12.5. The van der Waals surface area contributed by atoms with Crippen LogP contribution >= 0.6 is 0 Å². The van der Waals surface area contributed by atoms with Crippen LogP contribution in [0, 0.1) is 0 Å². The lowest BCUT2D eigenvalue weighted by atomic mass is 9.88. The van der Waals surface area contributed by atoms with Crippen molar-refractivity contribution in [3.05, 3.63) is 12.2 Å². The van der Waals surface area contributed by atoms with E-state index in [-0.39, 0.29) is 0 Å². The van der Waals surface area contributed by atoms with E-state index in [2.05, 4.69) is 10.2 Å². The van der Waals surface area contributed by atoms with Crippen molar-refractivity contribution in [3.63, 3.8) is 0 Å². The molecule has 0 saturated heterocycles. The number of hydrogen-bond acceptors (Lipinski definition) is 3. The van der Waals surface area contributed by atoms with Gasteiger partial charge in [-0.3, -0.25) is 0 Å².